The molecule has 4 nitrogen and oxygen atoms in total. The molecule has 1 aliphatic heterocycles. The van der Waals surface area contributed by atoms with Gasteiger partial charge < -0.3 is 15.0 Å². The Morgan fingerprint density at radius 2 is 1.64 bits per heavy atom. The third-order valence-electron chi connectivity index (χ3n) is 5.26. The van der Waals surface area contributed by atoms with Gasteiger partial charge in [0.15, 0.2) is 0 Å². The van der Waals surface area contributed by atoms with Gasteiger partial charge in [-0.3, -0.25) is 0 Å². The maximum absolute atomic E-state index is 5.46. The molecule has 2 heterocycles. The van der Waals surface area contributed by atoms with Crippen LogP contribution in [0.15, 0.2) is 54.6 Å². The predicted molar refractivity (Wildman–Crippen MR) is 119 cm³/mol. The van der Waals surface area contributed by atoms with E-state index < -0.39 is 0 Å². The minimum atomic E-state index is 0. The summed E-state index contributed by atoms with van der Waals surface area (Å²) in [5.74, 6) is 2.07. The van der Waals surface area contributed by atoms with Gasteiger partial charge in [-0.05, 0) is 37.5 Å². The zero-order valence-corrected chi connectivity index (χ0v) is 17.2. The first-order chi connectivity index (χ1) is 13.3. The van der Waals surface area contributed by atoms with E-state index in [9.17, 15) is 0 Å². The van der Waals surface area contributed by atoms with E-state index in [-0.39, 0.29) is 12.4 Å². The van der Waals surface area contributed by atoms with Gasteiger partial charge in [0.1, 0.15) is 11.6 Å². The minimum Gasteiger partial charge on any atom is -0.496 e. The Balaban J connectivity index is 0.00000225. The molecule has 1 aliphatic rings. The first kappa shape index (κ1) is 20.4. The molecule has 0 amide bonds. The highest BCUT2D eigenvalue weighted by molar-refractivity contribution is 5.85. The number of piperidine rings is 1. The van der Waals surface area contributed by atoms with Crippen molar-refractivity contribution in [3.05, 3.63) is 65.7 Å². The quantitative estimate of drug-likeness (QED) is 0.638. The third kappa shape index (κ3) is 4.57. The SMILES string of the molecule is COc1ccccc1CNCc1cc2ccccc2nc1N1CCCCC1.Cl. The summed E-state index contributed by atoms with van der Waals surface area (Å²) in [6.45, 7) is 3.77. The molecule has 0 atom stereocenters. The molecule has 1 saturated heterocycles. The van der Waals surface area contributed by atoms with Crippen LogP contribution in [0.4, 0.5) is 5.82 Å². The highest BCUT2D eigenvalue weighted by Gasteiger charge is 2.17. The van der Waals surface area contributed by atoms with Crippen molar-refractivity contribution in [3.63, 3.8) is 0 Å². The van der Waals surface area contributed by atoms with Crippen LogP contribution in [0.2, 0.25) is 0 Å². The third-order valence-corrected chi connectivity index (χ3v) is 5.26. The number of rotatable bonds is 6. The van der Waals surface area contributed by atoms with Gasteiger partial charge in [-0.2, -0.15) is 0 Å². The number of aromatic nitrogens is 1. The fourth-order valence-corrected chi connectivity index (χ4v) is 3.84. The highest BCUT2D eigenvalue weighted by atomic mass is 35.5. The predicted octanol–water partition coefficient (Wildman–Crippen LogP) is 4.95. The first-order valence-electron chi connectivity index (χ1n) is 9.81. The lowest BCUT2D eigenvalue weighted by atomic mass is 10.1. The molecule has 4 rings (SSSR count). The lowest BCUT2D eigenvalue weighted by molar-refractivity contribution is 0.407. The summed E-state index contributed by atoms with van der Waals surface area (Å²) >= 11 is 0. The van der Waals surface area contributed by atoms with Crippen LogP contribution < -0.4 is 15.0 Å². The number of para-hydroxylation sites is 2. The molecule has 0 radical (unpaired) electrons. The summed E-state index contributed by atoms with van der Waals surface area (Å²) in [7, 11) is 1.72. The van der Waals surface area contributed by atoms with Gasteiger partial charge in [0.25, 0.3) is 0 Å². The first-order valence-corrected chi connectivity index (χ1v) is 9.81. The molecule has 1 aromatic heterocycles. The Morgan fingerprint density at radius 3 is 2.46 bits per heavy atom. The van der Waals surface area contributed by atoms with Crippen LogP contribution >= 0.6 is 12.4 Å². The second-order valence-corrected chi connectivity index (χ2v) is 7.13. The monoisotopic (exact) mass is 397 g/mol. The number of anilines is 1. The van der Waals surface area contributed by atoms with Gasteiger partial charge in [-0.25, -0.2) is 4.98 Å². The van der Waals surface area contributed by atoms with Crippen LogP contribution in [0, 0.1) is 0 Å². The van der Waals surface area contributed by atoms with Crippen LogP contribution in [0.1, 0.15) is 30.4 Å². The second-order valence-electron chi connectivity index (χ2n) is 7.13. The Morgan fingerprint density at radius 1 is 0.929 bits per heavy atom. The summed E-state index contributed by atoms with van der Waals surface area (Å²) in [6, 6.07) is 18.9. The number of nitrogens with one attached hydrogen (secondary N) is 1. The van der Waals surface area contributed by atoms with E-state index in [1.54, 1.807) is 7.11 Å². The maximum Gasteiger partial charge on any atom is 0.133 e. The molecule has 1 fully saturated rings. The molecular formula is C23H28ClN3O. The molecule has 0 unspecified atom stereocenters. The Bertz CT molecular complexity index is 909. The summed E-state index contributed by atoms with van der Waals surface area (Å²) < 4.78 is 5.46. The Kier molecular flexibility index (Phi) is 7.12. The van der Waals surface area contributed by atoms with Crippen molar-refractivity contribution in [1.29, 1.82) is 0 Å². The van der Waals surface area contributed by atoms with Crippen molar-refractivity contribution in [2.45, 2.75) is 32.4 Å². The summed E-state index contributed by atoms with van der Waals surface area (Å²) in [5.41, 5.74) is 3.52. The van der Waals surface area contributed by atoms with Gasteiger partial charge >= 0.3 is 0 Å². The van der Waals surface area contributed by atoms with E-state index in [0.29, 0.717) is 0 Å². The molecular weight excluding hydrogens is 370 g/mol. The lowest BCUT2D eigenvalue weighted by Crippen LogP contribution is -2.31. The number of fused-ring (bicyclic) bond motifs is 1. The van der Waals surface area contributed by atoms with Crippen LogP contribution in [0.5, 0.6) is 5.75 Å². The molecule has 148 valence electrons. The average Bonchev–Trinajstić information content (AvgIpc) is 2.74. The largest absolute Gasteiger partial charge is 0.496 e. The van der Waals surface area contributed by atoms with Crippen molar-refractivity contribution in [3.8, 4) is 5.75 Å². The summed E-state index contributed by atoms with van der Waals surface area (Å²) in [4.78, 5) is 7.47. The normalized spacial score (nSPS) is 14.0. The van der Waals surface area contributed by atoms with Crippen molar-refractivity contribution in [2.75, 3.05) is 25.1 Å². The zero-order valence-electron chi connectivity index (χ0n) is 16.4. The molecule has 1 N–H and O–H groups in total. The van der Waals surface area contributed by atoms with Gasteiger partial charge in [-0.15, -0.1) is 12.4 Å². The summed E-state index contributed by atoms with van der Waals surface area (Å²) in [6.07, 6.45) is 3.83. The molecule has 28 heavy (non-hydrogen) atoms. The minimum absolute atomic E-state index is 0. The smallest absolute Gasteiger partial charge is 0.133 e. The number of hydrogen-bond donors (Lipinski definition) is 1. The van der Waals surface area contributed by atoms with E-state index in [1.807, 2.05) is 12.1 Å². The van der Waals surface area contributed by atoms with Crippen molar-refractivity contribution in [2.24, 2.45) is 0 Å². The van der Waals surface area contributed by atoms with E-state index in [2.05, 4.69) is 52.7 Å². The van der Waals surface area contributed by atoms with Crippen LogP contribution in [0.25, 0.3) is 10.9 Å². The van der Waals surface area contributed by atoms with Crippen LogP contribution in [-0.4, -0.2) is 25.2 Å². The fraction of sp³-hybridized carbons (Fsp3) is 0.348. The number of benzene rings is 2. The molecule has 0 bridgehead atoms. The highest BCUT2D eigenvalue weighted by Crippen LogP contribution is 2.26. The van der Waals surface area contributed by atoms with E-state index in [4.69, 9.17) is 9.72 Å². The molecule has 0 saturated carbocycles. The van der Waals surface area contributed by atoms with E-state index >= 15 is 0 Å². The van der Waals surface area contributed by atoms with E-state index in [0.717, 1.165) is 43.3 Å². The van der Waals surface area contributed by atoms with Crippen LogP contribution in [-0.2, 0) is 13.1 Å². The van der Waals surface area contributed by atoms with Crippen LogP contribution in [0.3, 0.4) is 0 Å². The van der Waals surface area contributed by atoms with Crippen molar-refractivity contribution < 1.29 is 4.74 Å². The number of methoxy groups -OCH3 is 1. The molecule has 2 aromatic carbocycles. The molecule has 5 heteroatoms. The maximum atomic E-state index is 5.46. The number of pyridine rings is 1. The molecule has 0 spiro atoms. The van der Waals surface area contributed by atoms with E-state index in [1.165, 1.54) is 35.8 Å². The molecule has 3 aromatic rings. The average molecular weight is 398 g/mol. The topological polar surface area (TPSA) is 37.4 Å². The van der Waals surface area contributed by atoms with Crippen molar-refractivity contribution >= 4 is 29.1 Å². The Hall–Kier alpha value is -2.30. The second kappa shape index (κ2) is 9.76. The number of hydrogen-bond acceptors (Lipinski definition) is 4. The van der Waals surface area contributed by atoms with Gasteiger partial charge in [0.05, 0.1) is 12.6 Å². The molecule has 0 aliphatic carbocycles. The number of halogens is 1. The number of nitrogens with zero attached hydrogens (tertiary/aromatic N) is 2. The van der Waals surface area contributed by atoms with Gasteiger partial charge in [0, 0.05) is 42.7 Å². The van der Waals surface area contributed by atoms with Gasteiger partial charge in [-0.1, -0.05) is 36.4 Å². The van der Waals surface area contributed by atoms with Crippen molar-refractivity contribution in [1.82, 2.24) is 10.3 Å². The fourth-order valence-electron chi connectivity index (χ4n) is 3.84. The standard InChI is InChI=1S/C23H27N3O.ClH/c1-27-22-12-6-4-10-19(22)16-24-17-20-15-18-9-3-5-11-21(18)25-23(20)26-13-7-2-8-14-26;/h3-6,9-12,15,24H,2,7-8,13-14,16-17H2,1H3;1H. The Labute approximate surface area is 173 Å². The van der Waals surface area contributed by atoms with Gasteiger partial charge in [0.2, 0.25) is 0 Å². The number of ether oxygens (including phenoxy) is 1. The zero-order chi connectivity index (χ0) is 18.5. The summed E-state index contributed by atoms with van der Waals surface area (Å²) in [5, 5.41) is 4.79. The lowest BCUT2D eigenvalue weighted by Gasteiger charge is -2.30.